The minimum atomic E-state index is 0.154. The summed E-state index contributed by atoms with van der Waals surface area (Å²) in [7, 11) is 3.98. The van der Waals surface area contributed by atoms with E-state index in [1.165, 1.54) is 12.8 Å². The van der Waals surface area contributed by atoms with Gasteiger partial charge < -0.3 is 14.8 Å². The Bertz CT molecular complexity index is 235. The lowest BCUT2D eigenvalue weighted by molar-refractivity contribution is 0.0261. The Balaban J connectivity index is 2.39. The molecule has 1 fully saturated rings. The summed E-state index contributed by atoms with van der Waals surface area (Å²) < 4.78 is 10.9. The van der Waals surface area contributed by atoms with Crippen molar-refractivity contribution < 1.29 is 9.47 Å². The molecule has 4 heteroatoms. The number of nitrogens with one attached hydrogen (secondary N) is 1. The van der Waals surface area contributed by atoms with Gasteiger partial charge in [-0.15, -0.1) is 0 Å². The fourth-order valence-electron chi connectivity index (χ4n) is 2.47. The van der Waals surface area contributed by atoms with Crippen LogP contribution in [-0.2, 0) is 9.47 Å². The van der Waals surface area contributed by atoms with Crippen molar-refractivity contribution in [3.63, 3.8) is 0 Å². The zero-order valence-electron chi connectivity index (χ0n) is 13.4. The van der Waals surface area contributed by atoms with Crippen LogP contribution in [0.2, 0.25) is 0 Å². The van der Waals surface area contributed by atoms with E-state index < -0.39 is 0 Å². The standard InChI is InChI=1S/C15H32N2O2/c1-15(2,3)16-9-14(12-18-5)17(4)10-13-7-6-8-19-11-13/h13-14,16H,6-12H2,1-5H3. The van der Waals surface area contributed by atoms with Gasteiger partial charge in [-0.05, 0) is 46.6 Å². The first kappa shape index (κ1) is 16.9. The van der Waals surface area contributed by atoms with Crippen LogP contribution < -0.4 is 5.32 Å². The molecule has 1 aliphatic heterocycles. The van der Waals surface area contributed by atoms with E-state index in [1.54, 1.807) is 7.11 Å². The second-order valence-corrected chi connectivity index (χ2v) is 6.76. The Hall–Kier alpha value is -0.160. The van der Waals surface area contributed by atoms with E-state index in [0.29, 0.717) is 12.0 Å². The van der Waals surface area contributed by atoms with Gasteiger partial charge in [-0.1, -0.05) is 0 Å². The van der Waals surface area contributed by atoms with Gasteiger partial charge in [0.05, 0.1) is 13.2 Å². The molecule has 114 valence electrons. The maximum atomic E-state index is 5.56. The van der Waals surface area contributed by atoms with Gasteiger partial charge in [0.15, 0.2) is 0 Å². The van der Waals surface area contributed by atoms with Crippen molar-refractivity contribution in [1.29, 1.82) is 0 Å². The predicted molar refractivity (Wildman–Crippen MR) is 79.6 cm³/mol. The molecule has 2 unspecified atom stereocenters. The summed E-state index contributed by atoms with van der Waals surface area (Å²) in [5, 5.41) is 3.57. The monoisotopic (exact) mass is 272 g/mol. The van der Waals surface area contributed by atoms with Crippen molar-refractivity contribution in [2.24, 2.45) is 5.92 Å². The molecule has 0 radical (unpaired) electrons. The zero-order valence-corrected chi connectivity index (χ0v) is 13.4. The molecule has 0 spiro atoms. The Kier molecular flexibility index (Phi) is 7.29. The van der Waals surface area contributed by atoms with E-state index in [0.717, 1.165) is 32.9 Å². The highest BCUT2D eigenvalue weighted by atomic mass is 16.5. The highest BCUT2D eigenvalue weighted by Crippen LogP contribution is 2.15. The Morgan fingerprint density at radius 1 is 1.42 bits per heavy atom. The zero-order chi connectivity index (χ0) is 14.3. The Morgan fingerprint density at radius 2 is 2.16 bits per heavy atom. The number of rotatable bonds is 7. The fourth-order valence-corrected chi connectivity index (χ4v) is 2.47. The smallest absolute Gasteiger partial charge is 0.0630 e. The molecule has 1 rings (SSSR count). The second-order valence-electron chi connectivity index (χ2n) is 6.76. The molecule has 0 aromatic heterocycles. The molecule has 0 aromatic rings. The normalized spacial score (nSPS) is 22.7. The van der Waals surface area contributed by atoms with Gasteiger partial charge in [0.25, 0.3) is 0 Å². The summed E-state index contributed by atoms with van der Waals surface area (Å²) in [6, 6.07) is 0.422. The van der Waals surface area contributed by atoms with E-state index in [4.69, 9.17) is 9.47 Å². The van der Waals surface area contributed by atoms with Crippen LogP contribution in [0.3, 0.4) is 0 Å². The van der Waals surface area contributed by atoms with Gasteiger partial charge in [-0.2, -0.15) is 0 Å². The third-order valence-corrected chi connectivity index (χ3v) is 3.65. The number of hydrogen-bond acceptors (Lipinski definition) is 4. The van der Waals surface area contributed by atoms with Crippen molar-refractivity contribution in [1.82, 2.24) is 10.2 Å². The first-order valence-corrected chi connectivity index (χ1v) is 7.44. The number of likely N-dealkylation sites (N-methyl/N-ethyl adjacent to an activating group) is 1. The van der Waals surface area contributed by atoms with E-state index in [2.05, 4.69) is 38.0 Å². The summed E-state index contributed by atoms with van der Waals surface area (Å²) in [5.74, 6) is 0.674. The van der Waals surface area contributed by atoms with Crippen LogP contribution in [-0.4, -0.2) is 63.5 Å². The van der Waals surface area contributed by atoms with Gasteiger partial charge in [0.1, 0.15) is 0 Å². The lowest BCUT2D eigenvalue weighted by atomic mass is 10.0. The second kappa shape index (κ2) is 8.20. The maximum Gasteiger partial charge on any atom is 0.0630 e. The summed E-state index contributed by atoms with van der Waals surface area (Å²) in [6.07, 6.45) is 2.49. The summed E-state index contributed by atoms with van der Waals surface area (Å²) in [4.78, 5) is 2.42. The van der Waals surface area contributed by atoms with E-state index >= 15 is 0 Å². The first-order valence-electron chi connectivity index (χ1n) is 7.44. The highest BCUT2D eigenvalue weighted by molar-refractivity contribution is 4.79. The Morgan fingerprint density at radius 3 is 2.68 bits per heavy atom. The van der Waals surface area contributed by atoms with Gasteiger partial charge in [-0.3, -0.25) is 4.90 Å². The average Bonchev–Trinajstić information content (AvgIpc) is 2.34. The van der Waals surface area contributed by atoms with Crippen LogP contribution >= 0.6 is 0 Å². The lowest BCUT2D eigenvalue weighted by Crippen LogP contribution is -2.49. The van der Waals surface area contributed by atoms with E-state index in [1.807, 2.05) is 0 Å². The van der Waals surface area contributed by atoms with E-state index in [9.17, 15) is 0 Å². The third-order valence-electron chi connectivity index (χ3n) is 3.65. The molecule has 0 aromatic carbocycles. The largest absolute Gasteiger partial charge is 0.383 e. The van der Waals surface area contributed by atoms with Crippen molar-refractivity contribution in [2.75, 3.05) is 47.1 Å². The van der Waals surface area contributed by atoms with Crippen molar-refractivity contribution >= 4 is 0 Å². The Labute approximate surface area is 118 Å². The molecule has 0 saturated carbocycles. The van der Waals surface area contributed by atoms with E-state index in [-0.39, 0.29) is 5.54 Å². The molecule has 1 N–H and O–H groups in total. The third kappa shape index (κ3) is 7.25. The predicted octanol–water partition coefficient (Wildman–Crippen LogP) is 1.75. The number of methoxy groups -OCH3 is 1. The van der Waals surface area contributed by atoms with Gasteiger partial charge >= 0.3 is 0 Å². The maximum absolute atomic E-state index is 5.56. The van der Waals surface area contributed by atoms with Crippen LogP contribution in [0.4, 0.5) is 0 Å². The van der Waals surface area contributed by atoms with Crippen molar-refractivity contribution in [2.45, 2.75) is 45.2 Å². The number of hydrogen-bond donors (Lipinski definition) is 1. The van der Waals surface area contributed by atoms with Crippen LogP contribution in [0.25, 0.3) is 0 Å². The van der Waals surface area contributed by atoms with Gasteiger partial charge in [0.2, 0.25) is 0 Å². The minimum Gasteiger partial charge on any atom is -0.383 e. The van der Waals surface area contributed by atoms with Crippen LogP contribution in [0, 0.1) is 5.92 Å². The molecule has 0 bridgehead atoms. The molecular weight excluding hydrogens is 240 g/mol. The quantitative estimate of drug-likeness (QED) is 0.765. The van der Waals surface area contributed by atoms with Crippen molar-refractivity contribution in [3.05, 3.63) is 0 Å². The minimum absolute atomic E-state index is 0.154. The molecule has 4 nitrogen and oxygen atoms in total. The molecule has 1 heterocycles. The summed E-state index contributed by atoms with van der Waals surface area (Å²) in [5.41, 5.74) is 0.154. The first-order chi connectivity index (χ1) is 8.92. The molecular formula is C15H32N2O2. The topological polar surface area (TPSA) is 33.7 Å². The average molecular weight is 272 g/mol. The number of ether oxygens (including phenoxy) is 2. The van der Waals surface area contributed by atoms with Crippen LogP contribution in [0.1, 0.15) is 33.6 Å². The molecule has 2 atom stereocenters. The van der Waals surface area contributed by atoms with Crippen molar-refractivity contribution in [3.8, 4) is 0 Å². The highest BCUT2D eigenvalue weighted by Gasteiger charge is 2.22. The number of nitrogens with zero attached hydrogens (tertiary/aromatic N) is 1. The molecule has 0 aliphatic carbocycles. The summed E-state index contributed by atoms with van der Waals surface area (Å²) in [6.45, 7) is 11.3. The summed E-state index contributed by atoms with van der Waals surface area (Å²) >= 11 is 0. The SMILES string of the molecule is COCC(CNC(C)(C)C)N(C)CC1CCCOC1. The lowest BCUT2D eigenvalue weighted by Gasteiger charge is -2.34. The van der Waals surface area contributed by atoms with Crippen LogP contribution in [0.15, 0.2) is 0 Å². The van der Waals surface area contributed by atoms with Gasteiger partial charge in [-0.25, -0.2) is 0 Å². The molecule has 0 amide bonds. The fraction of sp³-hybridized carbons (Fsp3) is 1.00. The molecule has 1 saturated heterocycles. The van der Waals surface area contributed by atoms with Gasteiger partial charge in [0, 0.05) is 38.4 Å². The molecule has 1 aliphatic rings. The van der Waals surface area contributed by atoms with Crippen LogP contribution in [0.5, 0.6) is 0 Å². The molecule has 19 heavy (non-hydrogen) atoms.